The number of nitrogens with two attached hydrogens (primary N) is 1. The maximum Gasteiger partial charge on any atom is 0.326 e. The molecule has 0 bridgehead atoms. The first-order chi connectivity index (χ1) is 9.70. The first-order valence-electron chi connectivity index (χ1n) is 5.47. The van der Waals surface area contributed by atoms with Crippen LogP contribution >= 0.6 is 15.9 Å². The van der Waals surface area contributed by atoms with Gasteiger partial charge in [-0.15, -0.1) is 0 Å². The number of hydrogen-bond acceptors (Lipinski definition) is 5. The SMILES string of the molecule is NC(=O)C[C@@H](NC(=O)c1cc(Br)cc([N+](=O)[O-])c1)C(=O)O. The molecular formula is C11H10BrN3O6. The third-order valence-electron chi connectivity index (χ3n) is 2.36. The second-order valence-electron chi connectivity index (χ2n) is 3.99. The van der Waals surface area contributed by atoms with Gasteiger partial charge >= 0.3 is 5.97 Å². The van der Waals surface area contributed by atoms with Gasteiger partial charge in [-0.3, -0.25) is 19.7 Å². The summed E-state index contributed by atoms with van der Waals surface area (Å²) in [5, 5.41) is 21.7. The molecule has 0 spiro atoms. The summed E-state index contributed by atoms with van der Waals surface area (Å²) in [6.07, 6.45) is -0.586. The van der Waals surface area contributed by atoms with Crippen LogP contribution in [0.1, 0.15) is 16.8 Å². The molecule has 0 aliphatic heterocycles. The second-order valence-corrected chi connectivity index (χ2v) is 4.91. The molecule has 10 heteroatoms. The zero-order chi connectivity index (χ0) is 16.2. The molecule has 112 valence electrons. The highest BCUT2D eigenvalue weighted by atomic mass is 79.9. The van der Waals surface area contributed by atoms with E-state index in [-0.39, 0.29) is 15.7 Å². The molecule has 4 N–H and O–H groups in total. The summed E-state index contributed by atoms with van der Waals surface area (Å²) >= 11 is 3.01. The van der Waals surface area contributed by atoms with Crippen LogP contribution in [-0.4, -0.2) is 33.9 Å². The van der Waals surface area contributed by atoms with Crippen molar-refractivity contribution in [1.29, 1.82) is 0 Å². The van der Waals surface area contributed by atoms with Crippen LogP contribution in [0.3, 0.4) is 0 Å². The Morgan fingerprint density at radius 3 is 2.48 bits per heavy atom. The van der Waals surface area contributed by atoms with Gasteiger partial charge in [0.05, 0.1) is 11.3 Å². The number of nitrogens with one attached hydrogen (secondary N) is 1. The molecule has 0 aliphatic rings. The van der Waals surface area contributed by atoms with Crippen molar-refractivity contribution in [3.05, 3.63) is 38.3 Å². The van der Waals surface area contributed by atoms with Gasteiger partial charge in [-0.1, -0.05) is 15.9 Å². The van der Waals surface area contributed by atoms with Gasteiger partial charge in [0, 0.05) is 22.2 Å². The summed E-state index contributed by atoms with van der Waals surface area (Å²) in [7, 11) is 0. The van der Waals surface area contributed by atoms with E-state index in [0.717, 1.165) is 6.07 Å². The molecule has 1 aromatic rings. The van der Waals surface area contributed by atoms with Gasteiger partial charge < -0.3 is 16.2 Å². The van der Waals surface area contributed by atoms with Crippen LogP contribution in [0.5, 0.6) is 0 Å². The van der Waals surface area contributed by atoms with Crippen LogP contribution < -0.4 is 11.1 Å². The van der Waals surface area contributed by atoms with E-state index in [2.05, 4.69) is 21.2 Å². The van der Waals surface area contributed by atoms with Gasteiger partial charge in [-0.05, 0) is 6.07 Å². The van der Waals surface area contributed by atoms with Crippen molar-refractivity contribution in [2.75, 3.05) is 0 Å². The molecular weight excluding hydrogens is 350 g/mol. The number of non-ortho nitro benzene ring substituents is 1. The lowest BCUT2D eigenvalue weighted by molar-refractivity contribution is -0.385. The quantitative estimate of drug-likeness (QED) is 0.494. The Bertz CT molecular complexity index is 618. The Morgan fingerprint density at radius 2 is 2.00 bits per heavy atom. The minimum atomic E-state index is -1.51. The number of aliphatic carboxylic acids is 1. The topological polar surface area (TPSA) is 153 Å². The summed E-state index contributed by atoms with van der Waals surface area (Å²) in [5.74, 6) is -3.21. The summed E-state index contributed by atoms with van der Waals surface area (Å²) in [6.45, 7) is 0. The Morgan fingerprint density at radius 1 is 1.38 bits per heavy atom. The summed E-state index contributed by atoms with van der Waals surface area (Å²) in [5.41, 5.74) is 4.43. The number of carbonyl (C=O) groups excluding carboxylic acids is 2. The molecule has 0 unspecified atom stereocenters. The van der Waals surface area contributed by atoms with Crippen LogP contribution in [-0.2, 0) is 9.59 Å². The van der Waals surface area contributed by atoms with Crippen molar-refractivity contribution < 1.29 is 24.4 Å². The van der Waals surface area contributed by atoms with Crippen molar-refractivity contribution in [3.63, 3.8) is 0 Å². The van der Waals surface area contributed by atoms with Gasteiger partial charge in [0.1, 0.15) is 6.04 Å². The number of rotatable bonds is 6. The number of nitrogens with zero attached hydrogens (tertiary/aromatic N) is 1. The van der Waals surface area contributed by atoms with Crippen LogP contribution in [0.15, 0.2) is 22.7 Å². The van der Waals surface area contributed by atoms with Gasteiger partial charge in [-0.2, -0.15) is 0 Å². The predicted molar refractivity (Wildman–Crippen MR) is 73.5 cm³/mol. The number of amides is 2. The number of nitro benzene ring substituents is 1. The van der Waals surface area contributed by atoms with Crippen molar-refractivity contribution >= 4 is 39.4 Å². The van der Waals surface area contributed by atoms with E-state index in [0.29, 0.717) is 0 Å². The van der Waals surface area contributed by atoms with Crippen molar-refractivity contribution in [1.82, 2.24) is 5.32 Å². The third-order valence-corrected chi connectivity index (χ3v) is 2.82. The first-order valence-corrected chi connectivity index (χ1v) is 6.27. The van der Waals surface area contributed by atoms with Gasteiger partial charge in [0.25, 0.3) is 11.6 Å². The van der Waals surface area contributed by atoms with E-state index < -0.39 is 35.2 Å². The van der Waals surface area contributed by atoms with Crippen LogP contribution in [0.25, 0.3) is 0 Å². The zero-order valence-electron chi connectivity index (χ0n) is 10.4. The highest BCUT2D eigenvalue weighted by molar-refractivity contribution is 9.10. The monoisotopic (exact) mass is 359 g/mol. The highest BCUT2D eigenvalue weighted by Gasteiger charge is 2.23. The zero-order valence-corrected chi connectivity index (χ0v) is 12.0. The number of benzene rings is 1. The largest absolute Gasteiger partial charge is 0.480 e. The molecule has 1 atom stereocenters. The molecule has 0 fully saturated rings. The number of carboxylic acid groups (broad SMARTS) is 1. The first kappa shape index (κ1) is 16.6. The Kier molecular flexibility index (Phi) is 5.36. The van der Waals surface area contributed by atoms with Crippen molar-refractivity contribution in [2.45, 2.75) is 12.5 Å². The highest BCUT2D eigenvalue weighted by Crippen LogP contribution is 2.21. The lowest BCUT2D eigenvalue weighted by Gasteiger charge is -2.12. The molecule has 0 heterocycles. The van der Waals surface area contributed by atoms with Gasteiger partial charge in [0.2, 0.25) is 5.91 Å². The fourth-order valence-corrected chi connectivity index (χ4v) is 1.93. The molecule has 0 aromatic heterocycles. The van der Waals surface area contributed by atoms with Crippen LogP contribution in [0, 0.1) is 10.1 Å². The molecule has 1 rings (SSSR count). The van der Waals surface area contributed by atoms with E-state index in [4.69, 9.17) is 10.8 Å². The molecule has 0 saturated heterocycles. The van der Waals surface area contributed by atoms with Crippen molar-refractivity contribution in [3.8, 4) is 0 Å². The minimum absolute atomic E-state index is 0.119. The maximum absolute atomic E-state index is 11.9. The minimum Gasteiger partial charge on any atom is -0.480 e. The Balaban J connectivity index is 2.99. The number of nitro groups is 1. The number of halogens is 1. The molecule has 21 heavy (non-hydrogen) atoms. The smallest absolute Gasteiger partial charge is 0.326 e. The fourth-order valence-electron chi connectivity index (χ4n) is 1.45. The van der Waals surface area contributed by atoms with Gasteiger partial charge in [0.15, 0.2) is 0 Å². The number of carbonyl (C=O) groups is 3. The molecule has 2 amide bonds. The standard InChI is InChI=1S/C11H10BrN3O6/c12-6-1-5(2-7(3-6)15(20)21)10(17)14-8(11(18)19)4-9(13)16/h1-3,8H,4H2,(H2,13,16)(H,14,17)(H,18,19)/t8-/m1/s1. The molecule has 1 aromatic carbocycles. The molecule has 0 radical (unpaired) electrons. The molecule has 9 nitrogen and oxygen atoms in total. The normalized spacial score (nSPS) is 11.5. The number of primary amides is 1. The van der Waals surface area contributed by atoms with E-state index in [1.807, 2.05) is 0 Å². The second kappa shape index (κ2) is 6.79. The van der Waals surface area contributed by atoms with E-state index in [1.165, 1.54) is 12.1 Å². The number of hydrogen-bond donors (Lipinski definition) is 3. The molecule has 0 saturated carbocycles. The van der Waals surface area contributed by atoms with Crippen LogP contribution in [0.4, 0.5) is 5.69 Å². The van der Waals surface area contributed by atoms with E-state index in [1.54, 1.807) is 0 Å². The Hall–Kier alpha value is -2.49. The summed E-state index contributed by atoms with van der Waals surface area (Å²) in [4.78, 5) is 43.5. The lowest BCUT2D eigenvalue weighted by atomic mass is 10.1. The summed E-state index contributed by atoms with van der Waals surface area (Å²) in [6, 6.07) is 1.96. The maximum atomic E-state index is 11.9. The van der Waals surface area contributed by atoms with Crippen LogP contribution in [0.2, 0.25) is 0 Å². The average Bonchev–Trinajstić information content (AvgIpc) is 2.36. The van der Waals surface area contributed by atoms with Crippen molar-refractivity contribution in [2.24, 2.45) is 5.73 Å². The van der Waals surface area contributed by atoms with E-state index >= 15 is 0 Å². The van der Waals surface area contributed by atoms with Gasteiger partial charge in [-0.25, -0.2) is 4.79 Å². The molecule has 0 aliphatic carbocycles. The Labute approximate surface area is 126 Å². The number of carboxylic acids is 1. The third kappa shape index (κ3) is 4.84. The fraction of sp³-hybridized carbons (Fsp3) is 0.182. The lowest BCUT2D eigenvalue weighted by Crippen LogP contribution is -2.43. The van der Waals surface area contributed by atoms with E-state index in [9.17, 15) is 24.5 Å². The summed E-state index contributed by atoms with van der Waals surface area (Å²) < 4.78 is 0.281. The average molecular weight is 360 g/mol. The predicted octanol–water partition coefficient (Wildman–Crippen LogP) is 0.416.